The number of hydrogen-bond donors (Lipinski definition) is 2. The first-order valence-electron chi connectivity index (χ1n) is 12.1. The van der Waals surface area contributed by atoms with Crippen molar-refractivity contribution in [2.24, 2.45) is 0 Å². The van der Waals surface area contributed by atoms with Crippen molar-refractivity contribution in [3.05, 3.63) is 100 Å². The smallest absolute Gasteiger partial charge is 0.256 e. The van der Waals surface area contributed by atoms with E-state index in [1.165, 1.54) is 5.56 Å². The van der Waals surface area contributed by atoms with E-state index in [1.54, 1.807) is 30.0 Å². The number of hydrogen-bond acceptors (Lipinski definition) is 7. The lowest BCUT2D eigenvalue weighted by Gasteiger charge is -2.12. The average molecular weight is 545 g/mol. The van der Waals surface area contributed by atoms with E-state index < -0.39 is 0 Å². The van der Waals surface area contributed by atoms with E-state index in [0.717, 1.165) is 40.2 Å². The van der Waals surface area contributed by atoms with Crippen LogP contribution in [0.25, 0.3) is 11.4 Å². The largest absolute Gasteiger partial charge is 0.322 e. The van der Waals surface area contributed by atoms with Gasteiger partial charge >= 0.3 is 0 Å². The maximum atomic E-state index is 13.0. The number of anilines is 1. The number of thioether (sulfide) groups is 1. The van der Waals surface area contributed by atoms with Gasteiger partial charge in [-0.2, -0.15) is 5.21 Å². The summed E-state index contributed by atoms with van der Waals surface area (Å²) in [6, 6.07) is 22.8. The Morgan fingerprint density at radius 3 is 2.47 bits per heavy atom. The number of nitrogens with zero attached hydrogens (tertiary/aromatic N) is 6. The minimum Gasteiger partial charge on any atom is -0.322 e. The second kappa shape index (κ2) is 12.0. The summed E-state index contributed by atoms with van der Waals surface area (Å²) in [5.74, 6) is 1.86. The molecule has 0 bridgehead atoms. The fourth-order valence-corrected chi connectivity index (χ4v) is 4.99. The van der Waals surface area contributed by atoms with Crippen molar-refractivity contribution in [3.8, 4) is 11.4 Å². The molecule has 0 aliphatic carbocycles. The molecule has 0 unspecified atom stereocenters. The zero-order chi connectivity index (χ0) is 26.3. The van der Waals surface area contributed by atoms with Gasteiger partial charge < -0.3 is 9.88 Å². The predicted octanol–water partition coefficient (Wildman–Crippen LogP) is 5.66. The standard InChI is InChI=1S/C27H25ClN8OS/c1-2-5-24-30-33-27(38-17-19-8-12-20(28)13-9-19)36(24)16-18-10-14-21(15-11-18)29-26(37)23-7-4-3-6-22(23)25-31-34-35-32-25/h3-4,6-15H,2,5,16-17H2,1H3,(H,29,37)(H,31,32,34,35). The molecule has 192 valence electrons. The summed E-state index contributed by atoms with van der Waals surface area (Å²) >= 11 is 7.67. The summed E-state index contributed by atoms with van der Waals surface area (Å²) in [6.07, 6.45) is 1.83. The van der Waals surface area contributed by atoms with Gasteiger partial charge in [-0.1, -0.05) is 72.8 Å². The van der Waals surface area contributed by atoms with Crippen molar-refractivity contribution < 1.29 is 4.79 Å². The zero-order valence-electron chi connectivity index (χ0n) is 20.6. The molecular weight excluding hydrogens is 520 g/mol. The van der Waals surface area contributed by atoms with Gasteiger partial charge in [0.25, 0.3) is 5.91 Å². The second-order valence-electron chi connectivity index (χ2n) is 8.58. The molecule has 0 saturated heterocycles. The van der Waals surface area contributed by atoms with E-state index in [2.05, 4.69) is 47.6 Å². The number of rotatable bonds is 10. The molecule has 9 nitrogen and oxygen atoms in total. The Kier molecular flexibility index (Phi) is 8.10. The van der Waals surface area contributed by atoms with Gasteiger partial charge in [-0.15, -0.1) is 20.4 Å². The first-order chi connectivity index (χ1) is 18.6. The molecular formula is C27H25ClN8OS. The summed E-state index contributed by atoms with van der Waals surface area (Å²) in [5.41, 5.74) is 4.02. The lowest BCUT2D eigenvalue weighted by molar-refractivity contribution is 0.102. The maximum absolute atomic E-state index is 13.0. The molecule has 3 aromatic carbocycles. The van der Waals surface area contributed by atoms with Gasteiger partial charge in [0.05, 0.1) is 12.1 Å². The van der Waals surface area contributed by atoms with Gasteiger partial charge in [0.15, 0.2) is 5.16 Å². The zero-order valence-corrected chi connectivity index (χ0v) is 22.2. The Morgan fingerprint density at radius 2 is 1.74 bits per heavy atom. The lowest BCUT2D eigenvalue weighted by atomic mass is 10.1. The molecule has 0 atom stereocenters. The highest BCUT2D eigenvalue weighted by atomic mass is 35.5. The van der Waals surface area contributed by atoms with Crippen LogP contribution in [-0.4, -0.2) is 41.3 Å². The lowest BCUT2D eigenvalue weighted by Crippen LogP contribution is -2.13. The topological polar surface area (TPSA) is 114 Å². The highest BCUT2D eigenvalue weighted by Gasteiger charge is 2.16. The number of nitrogens with one attached hydrogen (secondary N) is 2. The second-order valence-corrected chi connectivity index (χ2v) is 9.96. The molecule has 1 amide bonds. The number of carbonyl (C=O) groups is 1. The Labute approximate surface area is 229 Å². The number of aromatic nitrogens is 7. The molecule has 0 fully saturated rings. The molecule has 2 N–H and O–H groups in total. The van der Waals surface area contributed by atoms with Gasteiger partial charge in [0.1, 0.15) is 5.82 Å². The predicted molar refractivity (Wildman–Crippen MR) is 148 cm³/mol. The summed E-state index contributed by atoms with van der Waals surface area (Å²) in [5, 5.41) is 27.5. The van der Waals surface area contributed by atoms with E-state index in [9.17, 15) is 4.79 Å². The van der Waals surface area contributed by atoms with E-state index in [0.29, 0.717) is 29.2 Å². The third-order valence-corrected chi connectivity index (χ3v) is 7.15. The number of halogens is 1. The molecule has 2 heterocycles. The highest BCUT2D eigenvalue weighted by Crippen LogP contribution is 2.25. The Hall–Kier alpha value is -4.02. The first-order valence-corrected chi connectivity index (χ1v) is 13.5. The number of benzene rings is 3. The number of aryl methyl sites for hydroxylation is 1. The fourth-order valence-electron chi connectivity index (χ4n) is 3.95. The molecule has 0 spiro atoms. The molecule has 5 rings (SSSR count). The Morgan fingerprint density at radius 1 is 0.974 bits per heavy atom. The molecule has 0 aliphatic heterocycles. The summed E-state index contributed by atoms with van der Waals surface area (Å²) in [6.45, 7) is 2.77. The van der Waals surface area contributed by atoms with E-state index >= 15 is 0 Å². The van der Waals surface area contributed by atoms with Crippen LogP contribution in [0.3, 0.4) is 0 Å². The molecule has 11 heteroatoms. The van der Waals surface area contributed by atoms with Crippen molar-refractivity contribution in [1.29, 1.82) is 0 Å². The third-order valence-electron chi connectivity index (χ3n) is 5.86. The molecule has 38 heavy (non-hydrogen) atoms. The molecule has 0 saturated carbocycles. The maximum Gasteiger partial charge on any atom is 0.256 e. The number of tetrazole rings is 1. The number of aromatic amines is 1. The number of amides is 1. The van der Waals surface area contributed by atoms with E-state index in [1.807, 2.05) is 54.6 Å². The van der Waals surface area contributed by atoms with Gasteiger partial charge in [-0.25, -0.2) is 0 Å². The number of H-pyrrole nitrogens is 1. The summed E-state index contributed by atoms with van der Waals surface area (Å²) < 4.78 is 2.17. The average Bonchev–Trinajstić information content (AvgIpc) is 3.61. The normalized spacial score (nSPS) is 11.0. The quantitative estimate of drug-likeness (QED) is 0.218. The van der Waals surface area contributed by atoms with Gasteiger partial charge in [0, 0.05) is 28.4 Å². The van der Waals surface area contributed by atoms with E-state index in [4.69, 9.17) is 11.6 Å². The van der Waals surface area contributed by atoms with Crippen molar-refractivity contribution >= 4 is 35.0 Å². The number of carbonyl (C=O) groups excluding carboxylic acids is 1. The molecule has 0 radical (unpaired) electrons. The molecule has 2 aromatic heterocycles. The van der Waals surface area contributed by atoms with Crippen molar-refractivity contribution in [2.75, 3.05) is 5.32 Å². The van der Waals surface area contributed by atoms with Crippen LogP contribution in [0.2, 0.25) is 5.02 Å². The van der Waals surface area contributed by atoms with Crippen LogP contribution in [0.15, 0.2) is 78.0 Å². The summed E-state index contributed by atoms with van der Waals surface area (Å²) in [4.78, 5) is 13.0. The summed E-state index contributed by atoms with van der Waals surface area (Å²) in [7, 11) is 0. The van der Waals surface area contributed by atoms with Crippen molar-refractivity contribution in [1.82, 2.24) is 35.4 Å². The van der Waals surface area contributed by atoms with Gasteiger partial charge in [0.2, 0.25) is 5.82 Å². The van der Waals surface area contributed by atoms with Crippen molar-refractivity contribution in [3.63, 3.8) is 0 Å². The minimum absolute atomic E-state index is 0.247. The third kappa shape index (κ3) is 6.09. The van der Waals surface area contributed by atoms with Crippen LogP contribution in [0, 0.1) is 0 Å². The van der Waals surface area contributed by atoms with Crippen LogP contribution in [-0.2, 0) is 18.7 Å². The van der Waals surface area contributed by atoms with Crippen LogP contribution in [0.1, 0.15) is 40.7 Å². The van der Waals surface area contributed by atoms with Crippen molar-refractivity contribution in [2.45, 2.75) is 37.2 Å². The molecule has 0 aliphatic rings. The Bertz CT molecular complexity index is 1500. The van der Waals surface area contributed by atoms with Crippen LogP contribution in [0.5, 0.6) is 0 Å². The van der Waals surface area contributed by atoms with E-state index in [-0.39, 0.29) is 5.91 Å². The van der Waals surface area contributed by atoms with Crippen LogP contribution < -0.4 is 5.32 Å². The monoisotopic (exact) mass is 544 g/mol. The highest BCUT2D eigenvalue weighted by molar-refractivity contribution is 7.98. The SMILES string of the molecule is CCCc1nnc(SCc2ccc(Cl)cc2)n1Cc1ccc(NC(=O)c2ccccc2-c2nn[nH]n2)cc1. The van der Waals surface area contributed by atoms with Gasteiger partial charge in [-0.05, 0) is 53.1 Å². The van der Waals surface area contributed by atoms with Crippen LogP contribution >= 0.6 is 23.4 Å². The minimum atomic E-state index is -0.247. The first kappa shape index (κ1) is 25.6. The fraction of sp³-hybridized carbons (Fsp3) is 0.185. The van der Waals surface area contributed by atoms with Crippen LogP contribution in [0.4, 0.5) is 5.69 Å². The van der Waals surface area contributed by atoms with Gasteiger partial charge in [-0.3, -0.25) is 4.79 Å². The Balaban J connectivity index is 1.28. The molecule has 5 aromatic rings.